The van der Waals surface area contributed by atoms with Crippen LogP contribution in [0.15, 0.2) is 11.6 Å². The predicted octanol–water partition coefficient (Wildman–Crippen LogP) is 2.21. The minimum atomic E-state index is -0.903. The number of carboxylic acids is 1. The fraction of sp³-hybridized carbons (Fsp3) is 0.500. The normalized spacial score (nSPS) is 10.3. The zero-order chi connectivity index (χ0) is 9.40. The van der Waals surface area contributed by atoms with Crippen LogP contribution in [0.1, 0.15) is 33.1 Å². The zero-order valence-corrected chi connectivity index (χ0v) is 7.55. The lowest BCUT2D eigenvalue weighted by Gasteiger charge is -1.85. The molecule has 0 bridgehead atoms. The van der Waals surface area contributed by atoms with Crippen LogP contribution in [0.25, 0.3) is 0 Å². The highest BCUT2D eigenvalue weighted by Crippen LogP contribution is 1.92. The molecule has 0 aromatic heterocycles. The maximum Gasteiger partial charge on any atom is 0.331 e. The molecule has 0 atom stereocenters. The molecule has 0 amide bonds. The van der Waals surface area contributed by atoms with E-state index in [1.807, 2.05) is 0 Å². The van der Waals surface area contributed by atoms with Crippen LogP contribution in [0.5, 0.6) is 0 Å². The number of hydrogen-bond acceptors (Lipinski definition) is 1. The van der Waals surface area contributed by atoms with Gasteiger partial charge in [-0.2, -0.15) is 0 Å². The third-order valence-electron chi connectivity index (χ3n) is 1.38. The van der Waals surface area contributed by atoms with Crippen LogP contribution in [0.3, 0.4) is 0 Å². The van der Waals surface area contributed by atoms with Gasteiger partial charge in [-0.15, -0.1) is 0 Å². The van der Waals surface area contributed by atoms with Gasteiger partial charge in [-0.1, -0.05) is 25.2 Å². The van der Waals surface area contributed by atoms with Gasteiger partial charge < -0.3 is 5.11 Å². The van der Waals surface area contributed by atoms with Gasteiger partial charge >= 0.3 is 5.97 Å². The smallest absolute Gasteiger partial charge is 0.331 e. The first-order chi connectivity index (χ1) is 5.68. The zero-order valence-electron chi connectivity index (χ0n) is 7.55. The number of carbonyl (C=O) groups is 1. The molecule has 0 aliphatic carbocycles. The van der Waals surface area contributed by atoms with Crippen LogP contribution in [0.2, 0.25) is 0 Å². The number of carboxylic acid groups (broad SMARTS) is 1. The highest BCUT2D eigenvalue weighted by atomic mass is 16.4. The number of allylic oxidation sites excluding steroid dienone is 1. The summed E-state index contributed by atoms with van der Waals surface area (Å²) in [5, 5.41) is 8.45. The molecule has 0 saturated carbocycles. The van der Waals surface area contributed by atoms with E-state index in [1.54, 1.807) is 0 Å². The highest BCUT2D eigenvalue weighted by Gasteiger charge is 1.95. The summed E-state index contributed by atoms with van der Waals surface area (Å²) in [5.74, 6) is 4.69. The average Bonchev–Trinajstić information content (AvgIpc) is 2.03. The van der Waals surface area contributed by atoms with E-state index >= 15 is 0 Å². The summed E-state index contributed by atoms with van der Waals surface area (Å²) < 4.78 is 0. The molecule has 0 spiro atoms. The lowest BCUT2D eigenvalue weighted by Crippen LogP contribution is -1.94. The average molecular weight is 166 g/mol. The molecule has 1 N–H and O–H groups in total. The Morgan fingerprint density at radius 1 is 1.58 bits per heavy atom. The molecule has 0 unspecified atom stereocenters. The van der Waals surface area contributed by atoms with Gasteiger partial charge in [0.05, 0.1) is 0 Å². The lowest BCUT2D eigenvalue weighted by molar-refractivity contribution is -0.132. The maximum absolute atomic E-state index is 10.3. The predicted molar refractivity (Wildman–Crippen MR) is 48.7 cm³/mol. The van der Waals surface area contributed by atoms with E-state index in [-0.39, 0.29) is 0 Å². The third-order valence-corrected chi connectivity index (χ3v) is 1.38. The van der Waals surface area contributed by atoms with Crippen molar-refractivity contribution in [3.63, 3.8) is 0 Å². The summed E-state index contributed by atoms with van der Waals surface area (Å²) in [5.41, 5.74) is 0.291. The fourth-order valence-electron chi connectivity index (χ4n) is 0.558. The number of aliphatic carboxylic acids is 1. The summed E-state index contributed by atoms with van der Waals surface area (Å²) >= 11 is 0. The van der Waals surface area contributed by atoms with Gasteiger partial charge in [-0.25, -0.2) is 4.79 Å². The first kappa shape index (κ1) is 10.8. The summed E-state index contributed by atoms with van der Waals surface area (Å²) in [6.07, 6.45) is 4.49. The SMILES string of the molecule is CCCCC#CC=C(C)C(=O)O. The molecule has 12 heavy (non-hydrogen) atoms. The van der Waals surface area contributed by atoms with Crippen LogP contribution in [-0.2, 0) is 4.79 Å². The highest BCUT2D eigenvalue weighted by molar-refractivity contribution is 5.86. The van der Waals surface area contributed by atoms with E-state index in [1.165, 1.54) is 13.0 Å². The van der Waals surface area contributed by atoms with Crippen molar-refractivity contribution in [1.29, 1.82) is 0 Å². The topological polar surface area (TPSA) is 37.3 Å². The van der Waals surface area contributed by atoms with Gasteiger partial charge in [0.1, 0.15) is 0 Å². The van der Waals surface area contributed by atoms with Crippen molar-refractivity contribution in [1.82, 2.24) is 0 Å². The fourth-order valence-corrected chi connectivity index (χ4v) is 0.558. The molecular weight excluding hydrogens is 152 g/mol. The Labute approximate surface area is 73.3 Å². The second-order valence-electron chi connectivity index (χ2n) is 2.56. The molecule has 0 heterocycles. The van der Waals surface area contributed by atoms with Gasteiger partial charge in [0.15, 0.2) is 0 Å². The minimum absolute atomic E-state index is 0.291. The van der Waals surface area contributed by atoms with E-state index < -0.39 is 5.97 Å². The van der Waals surface area contributed by atoms with Gasteiger partial charge in [0.25, 0.3) is 0 Å². The second-order valence-corrected chi connectivity index (χ2v) is 2.56. The molecule has 2 heteroatoms. The Bertz CT molecular complexity index is 228. The Morgan fingerprint density at radius 2 is 2.25 bits per heavy atom. The molecule has 2 nitrogen and oxygen atoms in total. The van der Waals surface area contributed by atoms with Gasteiger partial charge in [-0.3, -0.25) is 0 Å². The van der Waals surface area contributed by atoms with Crippen molar-refractivity contribution >= 4 is 5.97 Å². The molecule has 0 aliphatic heterocycles. The van der Waals surface area contributed by atoms with Gasteiger partial charge in [0.2, 0.25) is 0 Å². The van der Waals surface area contributed by atoms with E-state index in [0.717, 1.165) is 19.3 Å². The standard InChI is InChI=1S/C10H14O2/c1-3-4-5-6-7-8-9(2)10(11)12/h8H,3-5H2,1-2H3,(H,11,12). The molecule has 66 valence electrons. The largest absolute Gasteiger partial charge is 0.478 e. The Hall–Kier alpha value is -1.23. The molecule has 0 radical (unpaired) electrons. The molecule has 0 rings (SSSR count). The van der Waals surface area contributed by atoms with E-state index in [4.69, 9.17) is 5.11 Å². The van der Waals surface area contributed by atoms with Crippen molar-refractivity contribution in [3.8, 4) is 11.8 Å². The lowest BCUT2D eigenvalue weighted by atomic mass is 10.2. The summed E-state index contributed by atoms with van der Waals surface area (Å²) in [7, 11) is 0. The Balaban J connectivity index is 3.82. The molecule has 0 fully saturated rings. The quantitative estimate of drug-likeness (QED) is 0.396. The van der Waals surface area contributed by atoms with E-state index in [0.29, 0.717) is 5.57 Å². The maximum atomic E-state index is 10.3. The Kier molecular flexibility index (Phi) is 5.81. The van der Waals surface area contributed by atoms with E-state index in [9.17, 15) is 4.79 Å². The number of unbranched alkanes of at least 4 members (excludes halogenated alkanes) is 2. The van der Waals surface area contributed by atoms with Crippen LogP contribution in [0.4, 0.5) is 0 Å². The first-order valence-corrected chi connectivity index (χ1v) is 4.07. The van der Waals surface area contributed by atoms with Gasteiger partial charge in [-0.05, 0) is 19.4 Å². The monoisotopic (exact) mass is 166 g/mol. The molecule has 0 aliphatic rings. The van der Waals surface area contributed by atoms with Crippen LogP contribution in [0, 0.1) is 11.8 Å². The molecule has 0 saturated heterocycles. The molecule has 0 aromatic carbocycles. The van der Waals surface area contributed by atoms with Crippen molar-refractivity contribution in [2.45, 2.75) is 33.1 Å². The third kappa shape index (κ3) is 5.55. The van der Waals surface area contributed by atoms with Crippen LogP contribution >= 0.6 is 0 Å². The molecular formula is C10H14O2. The van der Waals surface area contributed by atoms with Crippen molar-refractivity contribution in [2.24, 2.45) is 0 Å². The second kappa shape index (κ2) is 6.48. The van der Waals surface area contributed by atoms with Crippen molar-refractivity contribution in [3.05, 3.63) is 11.6 Å². The summed E-state index contributed by atoms with van der Waals surface area (Å²) in [4.78, 5) is 10.3. The van der Waals surface area contributed by atoms with Crippen LogP contribution < -0.4 is 0 Å². The minimum Gasteiger partial charge on any atom is -0.478 e. The van der Waals surface area contributed by atoms with Gasteiger partial charge in [0, 0.05) is 12.0 Å². The number of rotatable bonds is 3. The molecule has 0 aromatic rings. The summed E-state index contributed by atoms with van der Waals surface area (Å²) in [6, 6.07) is 0. The first-order valence-electron chi connectivity index (χ1n) is 4.07. The van der Waals surface area contributed by atoms with Crippen molar-refractivity contribution in [2.75, 3.05) is 0 Å². The van der Waals surface area contributed by atoms with E-state index in [2.05, 4.69) is 18.8 Å². The number of hydrogen-bond donors (Lipinski definition) is 1. The Morgan fingerprint density at radius 3 is 2.75 bits per heavy atom. The summed E-state index contributed by atoms with van der Waals surface area (Å²) in [6.45, 7) is 3.64. The van der Waals surface area contributed by atoms with Crippen LogP contribution in [-0.4, -0.2) is 11.1 Å². The van der Waals surface area contributed by atoms with Crippen molar-refractivity contribution < 1.29 is 9.90 Å².